The molecule has 0 aromatic heterocycles. The zero-order valence-corrected chi connectivity index (χ0v) is 12.6. The fourth-order valence-electron chi connectivity index (χ4n) is 2.40. The van der Waals surface area contributed by atoms with E-state index in [9.17, 15) is 0 Å². The van der Waals surface area contributed by atoms with E-state index in [4.69, 9.17) is 23.7 Å². The van der Waals surface area contributed by atoms with Crippen molar-refractivity contribution in [3.8, 4) is 11.5 Å². The highest BCUT2D eigenvalue weighted by Gasteiger charge is 2.38. The van der Waals surface area contributed by atoms with Crippen LogP contribution in [0.5, 0.6) is 11.5 Å². The Morgan fingerprint density at radius 3 is 2.35 bits per heavy atom. The van der Waals surface area contributed by atoms with Crippen LogP contribution in [0.3, 0.4) is 0 Å². The Balaban J connectivity index is 2.24. The molecule has 2 rings (SSSR count). The Bertz CT molecular complexity index is 458. The van der Waals surface area contributed by atoms with Gasteiger partial charge in [0.05, 0.1) is 20.8 Å². The van der Waals surface area contributed by atoms with Crippen LogP contribution in [0.2, 0.25) is 0 Å². The van der Waals surface area contributed by atoms with Crippen molar-refractivity contribution in [3.05, 3.63) is 23.8 Å². The van der Waals surface area contributed by atoms with E-state index in [1.807, 2.05) is 32.0 Å². The fourth-order valence-corrected chi connectivity index (χ4v) is 2.40. The van der Waals surface area contributed by atoms with Crippen molar-refractivity contribution in [2.24, 2.45) is 0 Å². The van der Waals surface area contributed by atoms with Crippen molar-refractivity contribution in [2.75, 3.05) is 27.9 Å². The number of hydrogen-bond donors (Lipinski definition) is 0. The van der Waals surface area contributed by atoms with Gasteiger partial charge in [0.1, 0.15) is 12.2 Å². The molecule has 0 N–H and O–H groups in total. The first-order valence-corrected chi connectivity index (χ1v) is 6.57. The third kappa shape index (κ3) is 3.06. The van der Waals surface area contributed by atoms with Gasteiger partial charge < -0.3 is 23.7 Å². The molecule has 0 aliphatic carbocycles. The van der Waals surface area contributed by atoms with Crippen LogP contribution in [-0.2, 0) is 14.2 Å². The minimum Gasteiger partial charge on any atom is -0.493 e. The zero-order chi connectivity index (χ0) is 14.8. The minimum absolute atomic E-state index is 0.145. The van der Waals surface area contributed by atoms with Crippen LogP contribution in [-0.4, -0.2) is 39.8 Å². The van der Waals surface area contributed by atoms with E-state index >= 15 is 0 Å². The van der Waals surface area contributed by atoms with Crippen molar-refractivity contribution < 1.29 is 23.7 Å². The predicted molar refractivity (Wildman–Crippen MR) is 74.2 cm³/mol. The van der Waals surface area contributed by atoms with Gasteiger partial charge >= 0.3 is 0 Å². The van der Waals surface area contributed by atoms with Gasteiger partial charge in [-0.25, -0.2) is 0 Å². The van der Waals surface area contributed by atoms with Crippen LogP contribution < -0.4 is 9.47 Å². The number of benzene rings is 1. The lowest BCUT2D eigenvalue weighted by Crippen LogP contribution is -2.26. The summed E-state index contributed by atoms with van der Waals surface area (Å²) in [5, 5.41) is 0. The topological polar surface area (TPSA) is 46.2 Å². The fraction of sp³-hybridized carbons (Fsp3) is 0.600. The van der Waals surface area contributed by atoms with Crippen molar-refractivity contribution >= 4 is 0 Å². The summed E-state index contributed by atoms with van der Waals surface area (Å²) in [5.74, 6) is 0.790. The molecule has 0 unspecified atom stereocenters. The monoisotopic (exact) mass is 282 g/mol. The van der Waals surface area contributed by atoms with Crippen LogP contribution in [0.1, 0.15) is 25.5 Å². The van der Waals surface area contributed by atoms with Crippen LogP contribution in [0.15, 0.2) is 18.2 Å². The molecule has 1 aromatic carbocycles. The number of rotatable bonds is 5. The van der Waals surface area contributed by atoms with Gasteiger partial charge in [-0.05, 0) is 31.5 Å². The lowest BCUT2D eigenvalue weighted by Gasteiger charge is -2.24. The summed E-state index contributed by atoms with van der Waals surface area (Å²) >= 11 is 0. The van der Waals surface area contributed by atoms with Gasteiger partial charge in [-0.15, -0.1) is 0 Å². The molecule has 1 aromatic rings. The van der Waals surface area contributed by atoms with E-state index in [2.05, 4.69) is 0 Å². The van der Waals surface area contributed by atoms with Crippen LogP contribution >= 0.6 is 0 Å². The van der Waals surface area contributed by atoms with Gasteiger partial charge in [0.2, 0.25) is 0 Å². The molecule has 0 saturated carbocycles. The highest BCUT2D eigenvalue weighted by molar-refractivity contribution is 5.43. The van der Waals surface area contributed by atoms with Crippen molar-refractivity contribution in [2.45, 2.75) is 31.8 Å². The number of methoxy groups -OCH3 is 3. The molecule has 0 bridgehead atoms. The molecule has 1 saturated heterocycles. The molecule has 1 heterocycles. The second-order valence-corrected chi connectivity index (χ2v) is 5.14. The molecule has 0 spiro atoms. The lowest BCUT2D eigenvalue weighted by atomic mass is 10.0. The molecule has 1 fully saturated rings. The quantitative estimate of drug-likeness (QED) is 0.830. The van der Waals surface area contributed by atoms with Gasteiger partial charge in [0.25, 0.3) is 0 Å². The number of ether oxygens (including phenoxy) is 5. The standard InChI is InChI=1S/C15H22O5/c1-15(2)19-9-13(20-15)14(18-5)10-6-7-11(16-3)12(8-10)17-4/h6-8,13-14H,9H2,1-5H3/t13-,14-/m1/s1. The lowest BCUT2D eigenvalue weighted by molar-refractivity contribution is -0.154. The maximum absolute atomic E-state index is 5.87. The third-order valence-electron chi connectivity index (χ3n) is 3.36. The summed E-state index contributed by atoms with van der Waals surface area (Å²) in [6.45, 7) is 4.29. The Morgan fingerprint density at radius 1 is 1.15 bits per heavy atom. The summed E-state index contributed by atoms with van der Waals surface area (Å²) in [4.78, 5) is 0. The molecule has 1 aliphatic rings. The molecular formula is C15H22O5. The van der Waals surface area contributed by atoms with E-state index in [0.717, 1.165) is 5.56 Å². The van der Waals surface area contributed by atoms with Gasteiger partial charge in [-0.1, -0.05) is 6.07 Å². The number of hydrogen-bond acceptors (Lipinski definition) is 5. The summed E-state index contributed by atoms with van der Waals surface area (Å²) in [6, 6.07) is 5.72. The van der Waals surface area contributed by atoms with Gasteiger partial charge in [0, 0.05) is 7.11 Å². The Labute approximate surface area is 119 Å². The first-order valence-electron chi connectivity index (χ1n) is 6.57. The van der Waals surface area contributed by atoms with Crippen LogP contribution in [0.4, 0.5) is 0 Å². The predicted octanol–water partition coefficient (Wildman–Crippen LogP) is 2.54. The highest BCUT2D eigenvalue weighted by Crippen LogP contribution is 2.36. The molecule has 0 amide bonds. The molecule has 112 valence electrons. The summed E-state index contributed by atoms with van der Waals surface area (Å²) in [6.07, 6.45) is -0.357. The average molecular weight is 282 g/mol. The normalized spacial score (nSPS) is 22.6. The molecule has 0 radical (unpaired) electrons. The van der Waals surface area contributed by atoms with E-state index in [1.54, 1.807) is 21.3 Å². The molecule has 20 heavy (non-hydrogen) atoms. The van der Waals surface area contributed by atoms with Crippen molar-refractivity contribution in [3.63, 3.8) is 0 Å². The second kappa shape index (κ2) is 5.99. The van der Waals surface area contributed by atoms with E-state index < -0.39 is 5.79 Å². The van der Waals surface area contributed by atoms with Crippen LogP contribution in [0, 0.1) is 0 Å². The third-order valence-corrected chi connectivity index (χ3v) is 3.36. The van der Waals surface area contributed by atoms with Gasteiger partial charge in [-0.2, -0.15) is 0 Å². The summed E-state index contributed by atoms with van der Waals surface area (Å²) in [7, 11) is 4.89. The van der Waals surface area contributed by atoms with Gasteiger partial charge in [-0.3, -0.25) is 0 Å². The van der Waals surface area contributed by atoms with Crippen molar-refractivity contribution in [1.82, 2.24) is 0 Å². The molecule has 2 atom stereocenters. The van der Waals surface area contributed by atoms with Gasteiger partial charge in [0.15, 0.2) is 17.3 Å². The van der Waals surface area contributed by atoms with E-state index in [-0.39, 0.29) is 12.2 Å². The molecule has 5 heteroatoms. The Hall–Kier alpha value is -1.30. The summed E-state index contributed by atoms with van der Waals surface area (Å²) in [5.41, 5.74) is 0.969. The maximum Gasteiger partial charge on any atom is 0.163 e. The molecule has 5 nitrogen and oxygen atoms in total. The molecular weight excluding hydrogens is 260 g/mol. The Kier molecular flexibility index (Phi) is 4.52. The van der Waals surface area contributed by atoms with Crippen LogP contribution in [0.25, 0.3) is 0 Å². The molecule has 1 aliphatic heterocycles. The zero-order valence-electron chi connectivity index (χ0n) is 12.6. The summed E-state index contributed by atoms with van der Waals surface area (Å²) < 4.78 is 27.6. The van der Waals surface area contributed by atoms with Crippen molar-refractivity contribution in [1.29, 1.82) is 0 Å². The van der Waals surface area contributed by atoms with E-state index in [0.29, 0.717) is 18.1 Å². The Morgan fingerprint density at radius 2 is 1.85 bits per heavy atom. The SMILES string of the molecule is COc1ccc([C@@H](OC)[C@H]2COC(C)(C)O2)cc1OC. The maximum atomic E-state index is 5.87. The van der Waals surface area contributed by atoms with E-state index in [1.165, 1.54) is 0 Å². The first kappa shape index (κ1) is 15.1. The average Bonchev–Trinajstić information content (AvgIpc) is 2.79. The first-order chi connectivity index (χ1) is 9.50. The minimum atomic E-state index is -0.571. The highest BCUT2D eigenvalue weighted by atomic mass is 16.7. The second-order valence-electron chi connectivity index (χ2n) is 5.14. The smallest absolute Gasteiger partial charge is 0.163 e. The largest absolute Gasteiger partial charge is 0.493 e.